The molecule has 148 valence electrons. The molecule has 0 bridgehead atoms. The number of nitrogens with one attached hydrogen (secondary N) is 3. The van der Waals surface area contributed by atoms with Crippen molar-refractivity contribution in [3.63, 3.8) is 0 Å². The van der Waals surface area contributed by atoms with E-state index in [1.807, 2.05) is 18.2 Å². The fourth-order valence-electron chi connectivity index (χ4n) is 2.82. The minimum absolute atomic E-state index is 0.359. The molecule has 0 aliphatic rings. The van der Waals surface area contributed by atoms with Gasteiger partial charge in [0.25, 0.3) is 0 Å². The van der Waals surface area contributed by atoms with Gasteiger partial charge in [-0.05, 0) is 12.1 Å². The second-order valence-electron chi connectivity index (χ2n) is 5.88. The summed E-state index contributed by atoms with van der Waals surface area (Å²) in [5.41, 5.74) is 1.86. The van der Waals surface area contributed by atoms with Gasteiger partial charge in [0.05, 0.1) is 27.7 Å². The third kappa shape index (κ3) is 3.68. The van der Waals surface area contributed by atoms with Crippen molar-refractivity contribution in [3.8, 4) is 17.2 Å². The van der Waals surface area contributed by atoms with E-state index >= 15 is 0 Å². The van der Waals surface area contributed by atoms with E-state index in [-0.39, 0.29) is 0 Å². The van der Waals surface area contributed by atoms with E-state index in [1.165, 1.54) is 0 Å². The number of aromatic nitrogens is 5. The first kappa shape index (κ1) is 18.3. The highest BCUT2D eigenvalue weighted by molar-refractivity contribution is 5.86. The number of rotatable bonds is 7. The SMILES string of the molecule is COc1cc(Nc2nc(Nc3ccccn3)nc3nc[nH]c23)cc(OC)c1OC. The Balaban J connectivity index is 1.73. The molecule has 0 amide bonds. The Bertz CT molecular complexity index is 1110. The number of H-pyrrole nitrogens is 1. The summed E-state index contributed by atoms with van der Waals surface area (Å²) >= 11 is 0. The van der Waals surface area contributed by atoms with Crippen LogP contribution in [0.1, 0.15) is 0 Å². The largest absolute Gasteiger partial charge is 0.493 e. The normalized spacial score (nSPS) is 10.6. The zero-order valence-electron chi connectivity index (χ0n) is 16.1. The Morgan fingerprint density at radius 2 is 1.69 bits per heavy atom. The first-order chi connectivity index (χ1) is 14.2. The molecular weight excluding hydrogens is 374 g/mol. The lowest BCUT2D eigenvalue weighted by atomic mass is 10.2. The molecule has 29 heavy (non-hydrogen) atoms. The number of hydrogen-bond acceptors (Lipinski definition) is 9. The lowest BCUT2D eigenvalue weighted by molar-refractivity contribution is 0.324. The number of benzene rings is 1. The van der Waals surface area contributed by atoms with E-state index in [0.29, 0.717) is 51.7 Å². The zero-order valence-corrected chi connectivity index (χ0v) is 16.1. The van der Waals surface area contributed by atoms with E-state index in [0.717, 1.165) is 0 Å². The van der Waals surface area contributed by atoms with E-state index in [2.05, 4.69) is 35.6 Å². The fourth-order valence-corrected chi connectivity index (χ4v) is 2.82. The Labute approximate surface area is 166 Å². The van der Waals surface area contributed by atoms with Gasteiger partial charge in [-0.25, -0.2) is 9.97 Å². The maximum absolute atomic E-state index is 5.41. The van der Waals surface area contributed by atoms with Crippen LogP contribution in [-0.4, -0.2) is 46.2 Å². The van der Waals surface area contributed by atoms with Crippen LogP contribution in [0.4, 0.5) is 23.3 Å². The first-order valence-corrected chi connectivity index (χ1v) is 8.68. The van der Waals surface area contributed by atoms with E-state index < -0.39 is 0 Å². The number of imidazole rings is 1. The standard InChI is InChI=1S/C19H19N7O3/c1-27-12-8-11(9-13(28-2)16(12)29-3)23-18-15-17(22-10-21-15)25-19(26-18)24-14-6-4-5-7-20-14/h4-10H,1-3H3,(H3,20,21,22,23,24,25,26). The number of aromatic amines is 1. The van der Waals surface area contributed by atoms with Crippen molar-refractivity contribution in [2.75, 3.05) is 32.0 Å². The molecule has 3 N–H and O–H groups in total. The number of ether oxygens (including phenoxy) is 3. The molecule has 1 aromatic carbocycles. The van der Waals surface area contributed by atoms with Crippen molar-refractivity contribution in [2.24, 2.45) is 0 Å². The van der Waals surface area contributed by atoms with Gasteiger partial charge in [-0.1, -0.05) is 6.07 Å². The lowest BCUT2D eigenvalue weighted by Gasteiger charge is -2.15. The van der Waals surface area contributed by atoms with E-state index in [9.17, 15) is 0 Å². The van der Waals surface area contributed by atoms with Crippen LogP contribution in [0.3, 0.4) is 0 Å². The van der Waals surface area contributed by atoms with E-state index in [4.69, 9.17) is 14.2 Å². The van der Waals surface area contributed by atoms with Gasteiger partial charge in [0.15, 0.2) is 23.0 Å². The van der Waals surface area contributed by atoms with Gasteiger partial charge in [-0.2, -0.15) is 9.97 Å². The van der Waals surface area contributed by atoms with Crippen LogP contribution >= 0.6 is 0 Å². The summed E-state index contributed by atoms with van der Waals surface area (Å²) in [5, 5.41) is 6.34. The highest BCUT2D eigenvalue weighted by Gasteiger charge is 2.16. The van der Waals surface area contributed by atoms with Crippen LogP contribution in [0.5, 0.6) is 17.2 Å². The Morgan fingerprint density at radius 3 is 2.34 bits per heavy atom. The van der Waals surface area contributed by atoms with Crippen molar-refractivity contribution in [1.29, 1.82) is 0 Å². The van der Waals surface area contributed by atoms with Crippen LogP contribution in [0.15, 0.2) is 42.9 Å². The third-order valence-electron chi connectivity index (χ3n) is 4.12. The number of pyridine rings is 1. The summed E-state index contributed by atoms with van der Waals surface area (Å²) in [6.07, 6.45) is 3.24. The van der Waals surface area contributed by atoms with Crippen LogP contribution in [-0.2, 0) is 0 Å². The Morgan fingerprint density at radius 1 is 0.897 bits per heavy atom. The van der Waals surface area contributed by atoms with Crippen molar-refractivity contribution >= 4 is 34.4 Å². The van der Waals surface area contributed by atoms with Gasteiger partial charge in [0.1, 0.15) is 11.3 Å². The van der Waals surface area contributed by atoms with Crippen LogP contribution in [0.25, 0.3) is 11.2 Å². The number of fused-ring (bicyclic) bond motifs is 1. The van der Waals surface area contributed by atoms with Crippen molar-refractivity contribution < 1.29 is 14.2 Å². The predicted octanol–water partition coefficient (Wildman–Crippen LogP) is 3.26. The molecule has 0 fully saturated rings. The topological polar surface area (TPSA) is 119 Å². The second-order valence-corrected chi connectivity index (χ2v) is 5.88. The number of nitrogens with zero attached hydrogens (tertiary/aromatic N) is 4. The van der Waals surface area contributed by atoms with Crippen LogP contribution in [0, 0.1) is 0 Å². The van der Waals surface area contributed by atoms with Gasteiger partial charge in [-0.15, -0.1) is 0 Å². The van der Waals surface area contributed by atoms with Gasteiger partial charge in [-0.3, -0.25) is 0 Å². The van der Waals surface area contributed by atoms with Crippen molar-refractivity contribution in [3.05, 3.63) is 42.9 Å². The minimum Gasteiger partial charge on any atom is -0.493 e. The molecule has 4 rings (SSSR count). The second kappa shape index (κ2) is 7.89. The molecule has 10 nitrogen and oxygen atoms in total. The van der Waals surface area contributed by atoms with Gasteiger partial charge < -0.3 is 29.8 Å². The molecule has 10 heteroatoms. The molecule has 0 spiro atoms. The molecule has 4 aromatic rings. The number of hydrogen-bond donors (Lipinski definition) is 3. The Kier molecular flexibility index (Phi) is 4.97. The molecule has 0 saturated heterocycles. The molecular formula is C19H19N7O3. The summed E-state index contributed by atoms with van der Waals surface area (Å²) in [4.78, 5) is 20.5. The molecule has 0 aliphatic carbocycles. The third-order valence-corrected chi connectivity index (χ3v) is 4.12. The predicted molar refractivity (Wildman–Crippen MR) is 109 cm³/mol. The van der Waals surface area contributed by atoms with Gasteiger partial charge >= 0.3 is 0 Å². The molecule has 0 aliphatic heterocycles. The summed E-state index contributed by atoms with van der Waals surface area (Å²) in [6.45, 7) is 0. The summed E-state index contributed by atoms with van der Waals surface area (Å²) in [5.74, 6) is 3.07. The zero-order chi connectivity index (χ0) is 20.2. The molecule has 0 unspecified atom stereocenters. The fraction of sp³-hybridized carbons (Fsp3) is 0.158. The van der Waals surface area contributed by atoms with Gasteiger partial charge in [0, 0.05) is 24.0 Å². The average Bonchev–Trinajstić information content (AvgIpc) is 3.22. The van der Waals surface area contributed by atoms with Crippen LogP contribution < -0.4 is 24.8 Å². The number of anilines is 4. The smallest absolute Gasteiger partial charge is 0.232 e. The first-order valence-electron chi connectivity index (χ1n) is 8.68. The average molecular weight is 393 g/mol. The Hall–Kier alpha value is -4.08. The molecule has 0 atom stereocenters. The highest BCUT2D eigenvalue weighted by atomic mass is 16.5. The summed E-state index contributed by atoms with van der Waals surface area (Å²) in [6, 6.07) is 9.11. The van der Waals surface area contributed by atoms with E-state index in [1.54, 1.807) is 46.0 Å². The minimum atomic E-state index is 0.359. The van der Waals surface area contributed by atoms with Crippen molar-refractivity contribution in [2.45, 2.75) is 0 Å². The summed E-state index contributed by atoms with van der Waals surface area (Å²) < 4.78 is 16.2. The molecule has 0 saturated carbocycles. The molecule has 0 radical (unpaired) electrons. The molecule has 3 heterocycles. The van der Waals surface area contributed by atoms with Gasteiger partial charge in [0.2, 0.25) is 11.7 Å². The number of methoxy groups -OCH3 is 3. The quantitative estimate of drug-likeness (QED) is 0.434. The van der Waals surface area contributed by atoms with Crippen LogP contribution in [0.2, 0.25) is 0 Å². The maximum Gasteiger partial charge on any atom is 0.232 e. The van der Waals surface area contributed by atoms with Crippen molar-refractivity contribution in [1.82, 2.24) is 24.9 Å². The maximum atomic E-state index is 5.41. The highest BCUT2D eigenvalue weighted by Crippen LogP contribution is 2.40. The summed E-state index contributed by atoms with van der Waals surface area (Å²) in [7, 11) is 4.68. The lowest BCUT2D eigenvalue weighted by Crippen LogP contribution is -2.04. The molecule has 3 aromatic heterocycles. The monoisotopic (exact) mass is 393 g/mol.